The van der Waals surface area contributed by atoms with E-state index < -0.39 is 14.1 Å². The molecule has 1 N–H and O–H groups in total. The Morgan fingerprint density at radius 1 is 0.711 bits per heavy atom. The van der Waals surface area contributed by atoms with Crippen LogP contribution in [0.4, 0.5) is 0 Å². The first kappa shape index (κ1) is 27.9. The maximum atomic E-state index is 14.2. The molecule has 0 unspecified atom stereocenters. The Bertz CT molecular complexity index is 1570. The van der Waals surface area contributed by atoms with Crippen molar-refractivity contribution in [2.24, 2.45) is 0 Å². The van der Waals surface area contributed by atoms with E-state index in [4.69, 9.17) is 39.9 Å². The molecule has 0 amide bonds. The molecule has 5 rings (SSSR count). The zero-order valence-electron chi connectivity index (χ0n) is 20.0. The number of aliphatic hydroxyl groups is 1. The first-order chi connectivity index (χ1) is 18.3. The minimum atomic E-state index is -3.97. The quantitative estimate of drug-likeness (QED) is 0.209. The predicted octanol–water partition coefficient (Wildman–Crippen LogP) is 7.52. The lowest BCUT2D eigenvalue weighted by atomic mass is 10.1. The lowest BCUT2D eigenvalue weighted by Gasteiger charge is -2.11. The number of aromatic nitrogens is 2. The van der Waals surface area contributed by atoms with Crippen molar-refractivity contribution in [2.75, 3.05) is 0 Å². The van der Waals surface area contributed by atoms with Gasteiger partial charge >= 0.3 is 0 Å². The Hall–Kier alpha value is -3.13. The highest BCUT2D eigenvalue weighted by Gasteiger charge is 2.32. The van der Waals surface area contributed by atoms with Gasteiger partial charge in [-0.15, -0.1) is 0 Å². The van der Waals surface area contributed by atoms with Crippen molar-refractivity contribution in [3.05, 3.63) is 121 Å². The van der Waals surface area contributed by atoms with Gasteiger partial charge in [0.2, 0.25) is 9.84 Å². The zero-order valence-corrected chi connectivity index (χ0v) is 23.0. The molecule has 5 aromatic rings. The van der Waals surface area contributed by atoms with Crippen molar-refractivity contribution in [2.45, 2.75) is 20.7 Å². The van der Waals surface area contributed by atoms with Crippen molar-refractivity contribution >= 4 is 44.6 Å². The van der Waals surface area contributed by atoms with Gasteiger partial charge in [0.25, 0.3) is 0 Å². The summed E-state index contributed by atoms with van der Waals surface area (Å²) < 4.78 is 29.3. The fraction of sp³-hybridized carbons (Fsp3) is 0.0690. The van der Waals surface area contributed by atoms with Crippen LogP contribution in [0.2, 0.25) is 0 Å². The number of halogens is 3. The number of benzene rings is 4. The molecule has 0 saturated carbocycles. The van der Waals surface area contributed by atoms with Crippen molar-refractivity contribution in [1.29, 1.82) is 0 Å². The second-order valence-corrected chi connectivity index (χ2v) is 11.9. The maximum absolute atomic E-state index is 14.2. The number of nitrogens with zero attached hydrogens (tertiary/aromatic N) is 2. The summed E-state index contributed by atoms with van der Waals surface area (Å²) in [5, 5.41) is 14.3. The molecule has 4 aromatic carbocycles. The number of rotatable bonds is 6. The third-order valence-electron chi connectivity index (χ3n) is 5.62. The highest BCUT2D eigenvalue weighted by molar-refractivity contribution is 7.91. The molecule has 0 spiro atoms. The Morgan fingerprint density at radius 3 is 1.68 bits per heavy atom. The lowest BCUT2D eigenvalue weighted by molar-refractivity contribution is 0.282. The normalized spacial score (nSPS) is 11.2. The van der Waals surface area contributed by atoms with Gasteiger partial charge in [-0.1, -0.05) is 126 Å². The minimum Gasteiger partial charge on any atom is -0.392 e. The summed E-state index contributed by atoms with van der Waals surface area (Å²) in [5.74, 6) is 0. The van der Waals surface area contributed by atoms with Crippen LogP contribution in [0.1, 0.15) is 5.56 Å². The van der Waals surface area contributed by atoms with Crippen LogP contribution in [0, 0.1) is 0 Å². The fourth-order valence-corrected chi connectivity index (χ4v) is 5.54. The smallest absolute Gasteiger partial charge is 0.210 e. The van der Waals surface area contributed by atoms with Crippen LogP contribution in [-0.2, 0) is 16.4 Å². The molecule has 0 atom stereocenters. The molecular formula is C29H23Cl3N2O3S. The molecule has 194 valence electrons. The van der Waals surface area contributed by atoms with Gasteiger partial charge in [-0.2, -0.15) is 5.10 Å². The standard InChI is InChI=1S/C28H22N2O3S.CHCl3/c31-20-21-16-18-25(19-17-21)34(32,33)28-26(22-10-4-1-5-11-22)29-30(24-14-8-3-9-15-24)27(28)23-12-6-2-7-13-23;2-1(3)4/h1-19,31H,20H2;1H. The maximum Gasteiger partial charge on any atom is 0.210 e. The molecule has 0 aliphatic rings. The summed E-state index contributed by atoms with van der Waals surface area (Å²) in [5.41, 5.74) is 3.74. The predicted molar refractivity (Wildman–Crippen MR) is 154 cm³/mol. The molecule has 0 aliphatic carbocycles. The molecule has 0 radical (unpaired) electrons. The Kier molecular flexibility index (Phi) is 9.26. The van der Waals surface area contributed by atoms with Gasteiger partial charge in [0.1, 0.15) is 10.6 Å². The number of sulfone groups is 1. The van der Waals surface area contributed by atoms with Crippen LogP contribution in [-0.4, -0.2) is 27.6 Å². The minimum absolute atomic E-state index is 0.144. The van der Waals surface area contributed by atoms with Gasteiger partial charge in [-0.3, -0.25) is 0 Å². The van der Waals surface area contributed by atoms with E-state index in [1.807, 2.05) is 91.0 Å². The summed E-state index contributed by atoms with van der Waals surface area (Å²) >= 11 is 14.4. The number of alkyl halides is 3. The van der Waals surface area contributed by atoms with Crippen LogP contribution in [0.25, 0.3) is 28.2 Å². The van der Waals surface area contributed by atoms with Gasteiger partial charge in [0.05, 0.1) is 22.9 Å². The molecule has 0 aliphatic heterocycles. The van der Waals surface area contributed by atoms with Crippen LogP contribution in [0.3, 0.4) is 0 Å². The second-order valence-electron chi connectivity index (χ2n) is 8.06. The molecule has 9 heteroatoms. The largest absolute Gasteiger partial charge is 0.392 e. The Balaban J connectivity index is 0.000000786. The third kappa shape index (κ3) is 6.29. The monoisotopic (exact) mass is 584 g/mol. The topological polar surface area (TPSA) is 72.2 Å². The summed E-state index contributed by atoms with van der Waals surface area (Å²) in [4.78, 5) is 0.289. The van der Waals surface area contributed by atoms with E-state index in [1.165, 1.54) is 12.1 Å². The van der Waals surface area contributed by atoms with Gasteiger partial charge in [0.15, 0.2) is 4.30 Å². The number of para-hydroxylation sites is 1. The molecule has 38 heavy (non-hydrogen) atoms. The molecule has 0 fully saturated rings. The zero-order chi connectivity index (χ0) is 27.1. The van der Waals surface area contributed by atoms with E-state index >= 15 is 0 Å². The lowest BCUT2D eigenvalue weighted by Crippen LogP contribution is -2.06. The molecule has 1 heterocycles. The van der Waals surface area contributed by atoms with Crippen LogP contribution < -0.4 is 0 Å². The average Bonchev–Trinajstić information content (AvgIpc) is 3.36. The number of hydrogen-bond donors (Lipinski definition) is 1. The van der Waals surface area contributed by atoms with Crippen molar-refractivity contribution < 1.29 is 13.5 Å². The highest BCUT2D eigenvalue weighted by Crippen LogP contribution is 2.40. The van der Waals surface area contributed by atoms with E-state index in [0.717, 1.165) is 11.3 Å². The number of hydrogen-bond acceptors (Lipinski definition) is 4. The van der Waals surface area contributed by atoms with Gasteiger partial charge in [0, 0.05) is 11.1 Å². The van der Waals surface area contributed by atoms with Crippen molar-refractivity contribution in [3.63, 3.8) is 0 Å². The van der Waals surface area contributed by atoms with Gasteiger partial charge < -0.3 is 5.11 Å². The first-order valence-electron chi connectivity index (χ1n) is 11.5. The highest BCUT2D eigenvalue weighted by atomic mass is 35.6. The summed E-state index contributed by atoms with van der Waals surface area (Å²) in [6.45, 7) is -0.156. The van der Waals surface area contributed by atoms with E-state index in [0.29, 0.717) is 22.5 Å². The molecule has 1 aromatic heterocycles. The molecule has 0 bridgehead atoms. The van der Waals surface area contributed by atoms with Crippen LogP contribution in [0.5, 0.6) is 0 Å². The summed E-state index contributed by atoms with van der Waals surface area (Å²) in [6, 6.07) is 34.6. The summed E-state index contributed by atoms with van der Waals surface area (Å²) in [6.07, 6.45) is 0. The molecule has 0 saturated heterocycles. The molecular weight excluding hydrogens is 563 g/mol. The van der Waals surface area contributed by atoms with Crippen LogP contribution in [0.15, 0.2) is 125 Å². The van der Waals surface area contributed by atoms with E-state index in [1.54, 1.807) is 16.8 Å². The average molecular weight is 586 g/mol. The van der Waals surface area contributed by atoms with Crippen LogP contribution >= 0.6 is 34.8 Å². The molecule has 5 nitrogen and oxygen atoms in total. The SMILES string of the molecule is ClC(Cl)Cl.O=S(=O)(c1ccc(CO)cc1)c1c(-c2ccccc2)nn(-c2ccccc2)c1-c1ccccc1. The van der Waals surface area contributed by atoms with Gasteiger partial charge in [-0.05, 0) is 29.8 Å². The first-order valence-corrected chi connectivity index (χ1v) is 14.3. The van der Waals surface area contributed by atoms with E-state index in [9.17, 15) is 13.5 Å². The van der Waals surface area contributed by atoms with Crippen molar-refractivity contribution in [1.82, 2.24) is 9.78 Å². The third-order valence-corrected chi connectivity index (χ3v) is 7.44. The fourth-order valence-electron chi connectivity index (χ4n) is 3.94. The van der Waals surface area contributed by atoms with E-state index in [2.05, 4.69) is 0 Å². The number of aliphatic hydroxyl groups excluding tert-OH is 1. The Morgan fingerprint density at radius 2 is 1.18 bits per heavy atom. The second kappa shape index (κ2) is 12.6. The van der Waals surface area contributed by atoms with Gasteiger partial charge in [-0.25, -0.2) is 13.1 Å². The Labute approximate surface area is 236 Å². The van der Waals surface area contributed by atoms with Crippen molar-refractivity contribution in [3.8, 4) is 28.2 Å². The summed E-state index contributed by atoms with van der Waals surface area (Å²) in [7, 11) is -3.97. The van der Waals surface area contributed by atoms with E-state index in [-0.39, 0.29) is 16.4 Å².